The average Bonchev–Trinajstić information content (AvgIpc) is 2.69. The van der Waals surface area contributed by atoms with E-state index in [4.69, 9.17) is 33.7 Å². The van der Waals surface area contributed by atoms with Gasteiger partial charge in [-0.15, -0.1) is 0 Å². The van der Waals surface area contributed by atoms with E-state index in [0.29, 0.717) is 16.6 Å². The summed E-state index contributed by atoms with van der Waals surface area (Å²) in [5, 5.41) is 3.87. The molecule has 8 heteroatoms. The largest absolute Gasteiger partial charge is 0.452 e. The van der Waals surface area contributed by atoms with E-state index in [1.807, 2.05) is 13.0 Å². The summed E-state index contributed by atoms with van der Waals surface area (Å²) in [7, 11) is 0. The number of carbonyl (C=O) groups excluding carboxylic acids is 3. The number of nitrogens with two attached hydrogens (primary N) is 1. The van der Waals surface area contributed by atoms with Gasteiger partial charge in [0, 0.05) is 28.1 Å². The third-order valence-corrected chi connectivity index (χ3v) is 4.89. The fourth-order valence-corrected chi connectivity index (χ4v) is 3.38. The van der Waals surface area contributed by atoms with Gasteiger partial charge < -0.3 is 15.8 Å². The van der Waals surface area contributed by atoms with Crippen molar-refractivity contribution in [2.45, 2.75) is 25.7 Å². The second-order valence-electron chi connectivity index (χ2n) is 6.47. The van der Waals surface area contributed by atoms with Gasteiger partial charge in [-0.1, -0.05) is 42.6 Å². The van der Waals surface area contributed by atoms with Crippen molar-refractivity contribution in [1.82, 2.24) is 5.32 Å². The fraction of sp³-hybridized carbons (Fsp3) is 0.286. The lowest BCUT2D eigenvalue weighted by molar-refractivity contribution is -0.124. The topological polar surface area (TPSA) is 98.5 Å². The first kappa shape index (κ1) is 22.7. The summed E-state index contributed by atoms with van der Waals surface area (Å²) in [4.78, 5) is 35.2. The number of hydrogen-bond donors (Lipinski definition) is 2. The summed E-state index contributed by atoms with van der Waals surface area (Å²) in [6.45, 7) is 1.99. The molecule has 0 heterocycles. The molecule has 0 aliphatic rings. The molecule has 0 aliphatic carbocycles. The van der Waals surface area contributed by atoms with E-state index in [1.165, 1.54) is 24.3 Å². The van der Waals surface area contributed by atoms with Crippen molar-refractivity contribution < 1.29 is 19.1 Å². The Balaban J connectivity index is 1.88. The molecule has 1 unspecified atom stereocenters. The molecule has 0 radical (unpaired) electrons. The summed E-state index contributed by atoms with van der Waals surface area (Å²) in [5.74, 6) is -1.65. The quantitative estimate of drug-likeness (QED) is 0.581. The maximum absolute atomic E-state index is 12.1. The van der Waals surface area contributed by atoms with Crippen molar-refractivity contribution in [1.29, 1.82) is 0 Å². The van der Waals surface area contributed by atoms with Crippen molar-refractivity contribution in [2.75, 3.05) is 13.2 Å². The van der Waals surface area contributed by atoms with Gasteiger partial charge in [0.15, 0.2) is 6.61 Å². The number of nitrogens with one attached hydrogen (secondary N) is 1. The summed E-state index contributed by atoms with van der Waals surface area (Å²) < 4.78 is 5.02. The summed E-state index contributed by atoms with van der Waals surface area (Å²) >= 11 is 12.2. The van der Waals surface area contributed by atoms with E-state index in [0.717, 1.165) is 18.4 Å². The zero-order chi connectivity index (χ0) is 21.4. The summed E-state index contributed by atoms with van der Waals surface area (Å²) in [6, 6.07) is 11.0. The maximum Gasteiger partial charge on any atom is 0.338 e. The van der Waals surface area contributed by atoms with Crippen LogP contribution in [-0.4, -0.2) is 30.9 Å². The van der Waals surface area contributed by atoms with Crippen LogP contribution in [0.5, 0.6) is 0 Å². The molecule has 2 aromatic carbocycles. The van der Waals surface area contributed by atoms with Crippen LogP contribution in [0.1, 0.15) is 52.0 Å². The van der Waals surface area contributed by atoms with Gasteiger partial charge in [0.05, 0.1) is 5.56 Å². The van der Waals surface area contributed by atoms with Gasteiger partial charge in [0.25, 0.3) is 5.91 Å². The van der Waals surface area contributed by atoms with Crippen molar-refractivity contribution in [3.8, 4) is 0 Å². The molecule has 3 N–H and O–H groups in total. The van der Waals surface area contributed by atoms with Crippen LogP contribution in [0, 0.1) is 0 Å². The molecule has 0 aliphatic heterocycles. The van der Waals surface area contributed by atoms with Crippen LogP contribution in [0.2, 0.25) is 10.0 Å². The highest BCUT2D eigenvalue weighted by atomic mass is 35.5. The number of hydrogen-bond acceptors (Lipinski definition) is 4. The SMILES string of the molecule is CCCC(CNC(=O)COC(=O)c1ccc(C(N)=O)cc1)c1ccc(Cl)cc1Cl. The van der Waals surface area contributed by atoms with Crippen LogP contribution in [0.15, 0.2) is 42.5 Å². The monoisotopic (exact) mass is 436 g/mol. The molecular weight excluding hydrogens is 415 g/mol. The number of primary amides is 1. The van der Waals surface area contributed by atoms with Gasteiger partial charge in [0.1, 0.15) is 0 Å². The van der Waals surface area contributed by atoms with Gasteiger partial charge in [-0.2, -0.15) is 0 Å². The van der Waals surface area contributed by atoms with Crippen LogP contribution in [0.4, 0.5) is 0 Å². The Hall–Kier alpha value is -2.57. The Morgan fingerprint density at radius 2 is 1.72 bits per heavy atom. The van der Waals surface area contributed by atoms with Crippen LogP contribution < -0.4 is 11.1 Å². The molecule has 29 heavy (non-hydrogen) atoms. The minimum absolute atomic E-state index is 0.0192. The maximum atomic E-state index is 12.1. The molecule has 1 atom stereocenters. The highest BCUT2D eigenvalue weighted by molar-refractivity contribution is 6.35. The van der Waals surface area contributed by atoms with Crippen molar-refractivity contribution in [2.24, 2.45) is 5.73 Å². The Kier molecular flexibility index (Phi) is 8.49. The van der Waals surface area contributed by atoms with Gasteiger partial charge in [-0.05, 0) is 48.4 Å². The van der Waals surface area contributed by atoms with Gasteiger partial charge >= 0.3 is 5.97 Å². The van der Waals surface area contributed by atoms with Crippen LogP contribution in [0.25, 0.3) is 0 Å². The first-order valence-corrected chi connectivity index (χ1v) is 9.86. The van der Waals surface area contributed by atoms with E-state index in [2.05, 4.69) is 5.32 Å². The summed E-state index contributed by atoms with van der Waals surface area (Å²) in [5.41, 5.74) is 6.56. The third-order valence-electron chi connectivity index (χ3n) is 4.32. The number of benzene rings is 2. The van der Waals surface area contributed by atoms with Crippen molar-refractivity contribution >= 4 is 41.0 Å². The molecule has 2 rings (SSSR count). The predicted molar refractivity (Wildman–Crippen MR) is 112 cm³/mol. The second-order valence-corrected chi connectivity index (χ2v) is 7.32. The van der Waals surface area contributed by atoms with Crippen molar-refractivity contribution in [3.63, 3.8) is 0 Å². The zero-order valence-corrected chi connectivity index (χ0v) is 17.4. The normalized spacial score (nSPS) is 11.6. The molecule has 0 saturated heterocycles. The zero-order valence-electron chi connectivity index (χ0n) is 15.9. The highest BCUT2D eigenvalue weighted by Gasteiger charge is 2.17. The molecule has 6 nitrogen and oxygen atoms in total. The van der Waals surface area contributed by atoms with Crippen LogP contribution in [-0.2, 0) is 9.53 Å². The third kappa shape index (κ3) is 6.76. The minimum atomic E-state index is -0.665. The first-order valence-electron chi connectivity index (χ1n) is 9.10. The number of amides is 2. The Labute approximate surface area is 179 Å². The Morgan fingerprint density at radius 3 is 2.31 bits per heavy atom. The molecule has 0 fully saturated rings. The second kappa shape index (κ2) is 10.8. The Bertz CT molecular complexity index is 885. The number of halogens is 2. The predicted octanol–water partition coefficient (Wildman–Crippen LogP) is 3.95. The van der Waals surface area contributed by atoms with Crippen LogP contribution in [0.3, 0.4) is 0 Å². The summed E-state index contributed by atoms with van der Waals surface area (Å²) in [6.07, 6.45) is 1.74. The minimum Gasteiger partial charge on any atom is -0.452 e. The van der Waals surface area contributed by atoms with Gasteiger partial charge in [-0.3, -0.25) is 9.59 Å². The molecule has 2 amide bonds. The average molecular weight is 437 g/mol. The van der Waals surface area contributed by atoms with E-state index in [-0.39, 0.29) is 17.0 Å². The van der Waals surface area contributed by atoms with E-state index < -0.39 is 24.4 Å². The highest BCUT2D eigenvalue weighted by Crippen LogP contribution is 2.30. The standard InChI is InChI=1S/C21H22Cl2N2O4/c1-2-3-15(17-9-8-16(22)10-18(17)23)11-25-19(26)12-29-21(28)14-6-4-13(5-7-14)20(24)27/h4-10,15H,2-3,11-12H2,1H3,(H2,24,27)(H,25,26). The number of carbonyl (C=O) groups is 3. The molecule has 2 aromatic rings. The molecular formula is C21H22Cl2N2O4. The Morgan fingerprint density at radius 1 is 1.07 bits per heavy atom. The number of esters is 1. The molecule has 0 saturated carbocycles. The van der Waals surface area contributed by atoms with Gasteiger partial charge in [-0.25, -0.2) is 4.79 Å². The molecule has 0 aromatic heterocycles. The smallest absolute Gasteiger partial charge is 0.338 e. The lowest BCUT2D eigenvalue weighted by Gasteiger charge is -2.19. The fourth-order valence-electron chi connectivity index (χ4n) is 2.82. The van der Waals surface area contributed by atoms with Gasteiger partial charge in [0.2, 0.25) is 5.91 Å². The van der Waals surface area contributed by atoms with Crippen molar-refractivity contribution in [3.05, 3.63) is 69.2 Å². The lowest BCUT2D eigenvalue weighted by Crippen LogP contribution is -2.32. The van der Waals surface area contributed by atoms with E-state index in [1.54, 1.807) is 12.1 Å². The van der Waals surface area contributed by atoms with E-state index in [9.17, 15) is 14.4 Å². The molecule has 0 spiro atoms. The number of ether oxygens (including phenoxy) is 1. The number of rotatable bonds is 9. The van der Waals surface area contributed by atoms with Crippen LogP contribution >= 0.6 is 23.2 Å². The molecule has 154 valence electrons. The lowest BCUT2D eigenvalue weighted by atomic mass is 9.94. The molecule has 0 bridgehead atoms. The van der Waals surface area contributed by atoms with E-state index >= 15 is 0 Å². The first-order chi connectivity index (χ1) is 13.8.